The third-order valence-corrected chi connectivity index (χ3v) is 32.3. The van der Waals surface area contributed by atoms with Crippen LogP contribution < -0.4 is 0 Å². The molecule has 0 N–H and O–H groups in total. The minimum Gasteiger partial charge on any atom is -0.126 e. The minimum atomic E-state index is -1.96. The summed E-state index contributed by atoms with van der Waals surface area (Å²) < 4.78 is 0. The van der Waals surface area contributed by atoms with E-state index in [0.717, 1.165) is 0 Å². The molecule has 16 aromatic carbocycles. The van der Waals surface area contributed by atoms with E-state index in [4.69, 9.17) is 0 Å². The SMILES string of the molecule is CC(C)C[Si](C#Cc1c2cc3ccccc3cc2c(-c2c3ccccc3cc3ccccc23)c2cc3ccccc3cc12)(CC(C)C)CC(C)C.CC(C)C[Si](C#Cc1c2cc3ccccc3cc2c(-c2c3ccccc3cc3ccccc23)c2cc3ccccc3cc12)(CC(C)C)CC(C)C. The number of hydrogen-bond acceptors (Lipinski definition) is 0. The molecule has 2 heteroatoms. The molecule has 0 aromatic heterocycles. The molecule has 0 atom stereocenters. The Bertz CT molecular complexity index is 5340. The minimum absolute atomic E-state index is 0.631. The molecule has 0 fully saturated rings. The Hall–Kier alpha value is -9.81. The van der Waals surface area contributed by atoms with Gasteiger partial charge in [0, 0.05) is 11.1 Å². The predicted octanol–water partition coefficient (Wildman–Crippen LogP) is 29.2. The van der Waals surface area contributed by atoms with Gasteiger partial charge < -0.3 is 0 Å². The van der Waals surface area contributed by atoms with Crippen LogP contribution in [0.2, 0.25) is 36.3 Å². The van der Waals surface area contributed by atoms with Crippen LogP contribution in [0.25, 0.3) is 152 Å². The second-order valence-corrected chi connectivity index (χ2v) is 40.6. The maximum atomic E-state index is 4.23. The smallest absolute Gasteiger partial charge is 0.126 e. The molecule has 0 aliphatic rings. The Morgan fingerprint density at radius 1 is 0.196 bits per heavy atom. The lowest BCUT2D eigenvalue weighted by atomic mass is 9.83. The molecular formula is C100H96Si2. The highest BCUT2D eigenvalue weighted by Crippen LogP contribution is 2.50. The fourth-order valence-corrected chi connectivity index (χ4v) is 30.2. The summed E-state index contributed by atoms with van der Waals surface area (Å²) in [6.07, 6.45) is 0. The summed E-state index contributed by atoms with van der Waals surface area (Å²) in [5.74, 6) is 12.0. The third kappa shape index (κ3) is 13.3. The fourth-order valence-electron chi connectivity index (χ4n) is 18.5. The second kappa shape index (κ2) is 28.2. The number of benzene rings is 16. The number of fused-ring (bicyclic) bond motifs is 12. The van der Waals surface area contributed by atoms with Crippen molar-refractivity contribution in [2.45, 2.75) is 119 Å². The van der Waals surface area contributed by atoms with Crippen LogP contribution in [0.4, 0.5) is 0 Å². The van der Waals surface area contributed by atoms with Crippen LogP contribution in [-0.2, 0) is 0 Å². The molecule has 16 aromatic rings. The average Bonchev–Trinajstić information content (AvgIpc) is 0.718. The first-order valence-electron chi connectivity index (χ1n) is 37.9. The molecule has 0 aliphatic heterocycles. The van der Waals surface area contributed by atoms with Gasteiger partial charge in [-0.3, -0.25) is 0 Å². The Kier molecular flexibility index (Phi) is 18.8. The van der Waals surface area contributed by atoms with Gasteiger partial charge in [-0.1, -0.05) is 289 Å². The first-order chi connectivity index (χ1) is 49.4. The van der Waals surface area contributed by atoms with Gasteiger partial charge in [0.25, 0.3) is 0 Å². The summed E-state index contributed by atoms with van der Waals surface area (Å²) >= 11 is 0. The van der Waals surface area contributed by atoms with Crippen molar-refractivity contribution >= 4 is 145 Å². The normalized spacial score (nSPS) is 12.3. The first-order valence-corrected chi connectivity index (χ1v) is 43.1. The lowest BCUT2D eigenvalue weighted by Crippen LogP contribution is -2.37. The molecule has 0 bridgehead atoms. The van der Waals surface area contributed by atoms with Crippen molar-refractivity contribution in [1.82, 2.24) is 0 Å². The van der Waals surface area contributed by atoms with Gasteiger partial charge >= 0.3 is 0 Å². The molecule has 0 radical (unpaired) electrons. The van der Waals surface area contributed by atoms with Crippen LogP contribution >= 0.6 is 0 Å². The van der Waals surface area contributed by atoms with Crippen molar-refractivity contribution in [2.75, 3.05) is 0 Å². The zero-order valence-corrected chi connectivity index (χ0v) is 64.0. The summed E-state index contributed by atoms with van der Waals surface area (Å²) in [5.41, 5.74) is 16.1. The zero-order chi connectivity index (χ0) is 70.6. The predicted molar refractivity (Wildman–Crippen MR) is 457 cm³/mol. The monoisotopic (exact) mass is 1350 g/mol. The quantitative estimate of drug-likeness (QED) is 0.0578. The van der Waals surface area contributed by atoms with Crippen LogP contribution in [0.15, 0.2) is 255 Å². The lowest BCUT2D eigenvalue weighted by Gasteiger charge is -2.31. The van der Waals surface area contributed by atoms with Gasteiger partial charge in [0.2, 0.25) is 0 Å². The van der Waals surface area contributed by atoms with E-state index >= 15 is 0 Å². The Morgan fingerprint density at radius 2 is 0.363 bits per heavy atom. The highest BCUT2D eigenvalue weighted by Gasteiger charge is 2.36. The molecule has 102 heavy (non-hydrogen) atoms. The second-order valence-electron chi connectivity index (χ2n) is 32.5. The Balaban J connectivity index is 0.000000165. The average molecular weight is 1350 g/mol. The van der Waals surface area contributed by atoms with E-state index in [1.54, 1.807) is 0 Å². The standard InChI is InChI=1S/2C50H48Si/c2*1-33(2)30-51(31-34(3)4,32-35(5)6)24-23-44-45-26-36-15-7-9-17-38(36)28-47(45)50(48-29-39-18-10-8-16-37(39)27-46(44)48)49-42-21-13-11-19-40(42)25-41-20-12-14-22-43(41)49/h2*7-22,25-29,33-35H,30-32H2,1-6H3. The van der Waals surface area contributed by atoms with E-state index in [1.165, 1.54) is 199 Å². The zero-order valence-electron chi connectivity index (χ0n) is 62.0. The molecule has 16 rings (SSSR count). The molecule has 0 saturated carbocycles. The van der Waals surface area contributed by atoms with E-state index in [1.807, 2.05) is 0 Å². The molecule has 0 nitrogen and oxygen atoms in total. The Morgan fingerprint density at radius 3 is 0.559 bits per heavy atom. The number of rotatable bonds is 14. The van der Waals surface area contributed by atoms with Crippen molar-refractivity contribution in [3.05, 3.63) is 266 Å². The van der Waals surface area contributed by atoms with E-state index < -0.39 is 16.1 Å². The lowest BCUT2D eigenvalue weighted by molar-refractivity contribution is 0.650. The van der Waals surface area contributed by atoms with Crippen LogP contribution in [0.3, 0.4) is 0 Å². The number of hydrogen-bond donors (Lipinski definition) is 0. The van der Waals surface area contributed by atoms with Crippen LogP contribution in [0.1, 0.15) is 94.2 Å². The summed E-state index contributed by atoms with van der Waals surface area (Å²) in [5, 5.41) is 30.5. The largest absolute Gasteiger partial charge is 0.139 e. The Labute approximate surface area is 607 Å². The van der Waals surface area contributed by atoms with Crippen molar-refractivity contribution in [1.29, 1.82) is 0 Å². The van der Waals surface area contributed by atoms with Crippen LogP contribution in [0, 0.1) is 58.4 Å². The van der Waals surface area contributed by atoms with Gasteiger partial charge in [0.1, 0.15) is 16.1 Å². The van der Waals surface area contributed by atoms with E-state index in [0.29, 0.717) is 35.5 Å². The van der Waals surface area contributed by atoms with E-state index in [9.17, 15) is 0 Å². The van der Waals surface area contributed by atoms with Gasteiger partial charge in [-0.2, -0.15) is 0 Å². The topological polar surface area (TPSA) is 0 Å². The van der Waals surface area contributed by atoms with Gasteiger partial charge in [-0.05, 0) is 284 Å². The van der Waals surface area contributed by atoms with Crippen LogP contribution in [0.5, 0.6) is 0 Å². The summed E-state index contributed by atoms with van der Waals surface area (Å²) in [6.45, 7) is 28.8. The first kappa shape index (κ1) is 68.0. The highest BCUT2D eigenvalue weighted by atomic mass is 28.3. The van der Waals surface area contributed by atoms with Crippen molar-refractivity contribution in [2.24, 2.45) is 35.5 Å². The molecule has 0 aliphatic carbocycles. The maximum absolute atomic E-state index is 4.23. The molecule has 0 saturated heterocycles. The van der Waals surface area contributed by atoms with Gasteiger partial charge in [0.05, 0.1) is 0 Å². The molecule has 504 valence electrons. The van der Waals surface area contributed by atoms with Crippen LogP contribution in [-0.4, -0.2) is 16.1 Å². The van der Waals surface area contributed by atoms with Gasteiger partial charge in [-0.15, -0.1) is 11.1 Å². The fraction of sp³-hybridized carbons (Fsp3) is 0.240. The molecular weight excluding hydrogens is 1260 g/mol. The van der Waals surface area contributed by atoms with Crippen molar-refractivity contribution in [3.8, 4) is 45.2 Å². The van der Waals surface area contributed by atoms with Gasteiger partial charge in [0.15, 0.2) is 0 Å². The summed E-state index contributed by atoms with van der Waals surface area (Å²) in [6, 6.07) is 103. The molecule has 0 heterocycles. The summed E-state index contributed by atoms with van der Waals surface area (Å²) in [4.78, 5) is 0. The summed E-state index contributed by atoms with van der Waals surface area (Å²) in [7, 11) is -3.92. The maximum Gasteiger partial charge on any atom is 0.139 e. The molecule has 0 amide bonds. The van der Waals surface area contributed by atoms with E-state index in [-0.39, 0.29) is 0 Å². The van der Waals surface area contributed by atoms with Crippen molar-refractivity contribution < 1.29 is 0 Å². The van der Waals surface area contributed by atoms with Crippen molar-refractivity contribution in [3.63, 3.8) is 0 Å². The molecule has 0 unspecified atom stereocenters. The highest BCUT2D eigenvalue weighted by molar-refractivity contribution is 6.88. The van der Waals surface area contributed by atoms with E-state index in [2.05, 4.69) is 361 Å². The molecule has 0 spiro atoms. The third-order valence-electron chi connectivity index (χ3n) is 21.4. The van der Waals surface area contributed by atoms with Gasteiger partial charge in [-0.25, -0.2) is 0 Å².